The SMILES string of the molecule is CCCC(CNC(=O)COc1ccc2c(c1)CCCC2)C(=O)O. The number of hydrogen-bond acceptors (Lipinski definition) is 3. The van der Waals surface area contributed by atoms with Gasteiger partial charge >= 0.3 is 5.97 Å². The third-order valence-corrected chi connectivity index (χ3v) is 4.22. The van der Waals surface area contributed by atoms with Gasteiger partial charge in [-0.1, -0.05) is 19.4 Å². The summed E-state index contributed by atoms with van der Waals surface area (Å²) in [6.45, 7) is 1.99. The van der Waals surface area contributed by atoms with Crippen molar-refractivity contribution in [1.82, 2.24) is 5.32 Å². The quantitative estimate of drug-likeness (QED) is 0.772. The lowest BCUT2D eigenvalue weighted by atomic mass is 9.92. The number of aliphatic carboxylic acids is 1. The van der Waals surface area contributed by atoms with Gasteiger partial charge in [-0.15, -0.1) is 0 Å². The number of nitrogens with one attached hydrogen (secondary N) is 1. The van der Waals surface area contributed by atoms with Crippen LogP contribution in [0.15, 0.2) is 18.2 Å². The van der Waals surface area contributed by atoms with E-state index in [-0.39, 0.29) is 19.1 Å². The van der Waals surface area contributed by atoms with E-state index in [2.05, 4.69) is 11.4 Å². The summed E-state index contributed by atoms with van der Waals surface area (Å²) in [5, 5.41) is 11.7. The molecule has 23 heavy (non-hydrogen) atoms. The van der Waals surface area contributed by atoms with E-state index in [0.717, 1.165) is 19.3 Å². The number of fused-ring (bicyclic) bond motifs is 1. The number of amides is 1. The number of carbonyl (C=O) groups is 2. The van der Waals surface area contributed by atoms with E-state index in [4.69, 9.17) is 9.84 Å². The maximum absolute atomic E-state index is 11.8. The fourth-order valence-corrected chi connectivity index (χ4v) is 2.90. The summed E-state index contributed by atoms with van der Waals surface area (Å²) in [6.07, 6.45) is 5.95. The normalized spacial score (nSPS) is 14.7. The van der Waals surface area contributed by atoms with Crippen LogP contribution in [-0.2, 0) is 22.4 Å². The highest BCUT2D eigenvalue weighted by atomic mass is 16.5. The molecule has 1 aliphatic rings. The summed E-state index contributed by atoms with van der Waals surface area (Å²) >= 11 is 0. The van der Waals surface area contributed by atoms with Gasteiger partial charge in [0.1, 0.15) is 5.75 Å². The first-order valence-electron chi connectivity index (χ1n) is 8.34. The molecule has 0 fully saturated rings. The second-order valence-electron chi connectivity index (χ2n) is 6.05. The van der Waals surface area contributed by atoms with E-state index in [0.29, 0.717) is 12.2 Å². The highest BCUT2D eigenvalue weighted by Gasteiger charge is 2.17. The molecule has 0 saturated heterocycles. The van der Waals surface area contributed by atoms with Gasteiger partial charge in [-0.3, -0.25) is 9.59 Å². The smallest absolute Gasteiger partial charge is 0.308 e. The fourth-order valence-electron chi connectivity index (χ4n) is 2.90. The van der Waals surface area contributed by atoms with Crippen molar-refractivity contribution in [3.63, 3.8) is 0 Å². The summed E-state index contributed by atoms with van der Waals surface area (Å²) in [7, 11) is 0. The van der Waals surface area contributed by atoms with Crippen LogP contribution in [0.5, 0.6) is 5.75 Å². The molecule has 0 radical (unpaired) electrons. The van der Waals surface area contributed by atoms with Gasteiger partial charge in [-0.25, -0.2) is 0 Å². The number of rotatable bonds is 8. The Balaban J connectivity index is 1.79. The van der Waals surface area contributed by atoms with Crippen LogP contribution in [-0.4, -0.2) is 30.1 Å². The molecule has 1 atom stereocenters. The highest BCUT2D eigenvalue weighted by molar-refractivity contribution is 5.78. The van der Waals surface area contributed by atoms with Crippen LogP contribution in [0.3, 0.4) is 0 Å². The number of aryl methyl sites for hydroxylation is 2. The van der Waals surface area contributed by atoms with Gasteiger partial charge in [-0.2, -0.15) is 0 Å². The molecular weight excluding hydrogens is 294 g/mol. The first-order valence-corrected chi connectivity index (χ1v) is 8.34. The summed E-state index contributed by atoms with van der Waals surface area (Å²) < 4.78 is 5.53. The van der Waals surface area contributed by atoms with Crippen LogP contribution in [0.2, 0.25) is 0 Å². The molecule has 1 aromatic rings. The topological polar surface area (TPSA) is 75.6 Å². The number of ether oxygens (including phenoxy) is 1. The van der Waals surface area contributed by atoms with Crippen LogP contribution in [0.4, 0.5) is 0 Å². The summed E-state index contributed by atoms with van der Waals surface area (Å²) in [5.41, 5.74) is 2.68. The summed E-state index contributed by atoms with van der Waals surface area (Å²) in [4.78, 5) is 22.8. The lowest BCUT2D eigenvalue weighted by molar-refractivity contribution is -0.142. The number of carboxylic acid groups (broad SMARTS) is 1. The molecule has 0 aromatic heterocycles. The van der Waals surface area contributed by atoms with Crippen LogP contribution >= 0.6 is 0 Å². The van der Waals surface area contributed by atoms with Gasteiger partial charge in [0.15, 0.2) is 6.61 Å². The van der Waals surface area contributed by atoms with Crippen LogP contribution in [0, 0.1) is 5.92 Å². The highest BCUT2D eigenvalue weighted by Crippen LogP contribution is 2.25. The maximum Gasteiger partial charge on any atom is 0.308 e. The second kappa shape index (κ2) is 8.56. The minimum absolute atomic E-state index is 0.0861. The molecule has 0 heterocycles. The lowest BCUT2D eigenvalue weighted by Crippen LogP contribution is -2.35. The van der Waals surface area contributed by atoms with Crippen molar-refractivity contribution in [2.75, 3.05) is 13.2 Å². The van der Waals surface area contributed by atoms with E-state index < -0.39 is 11.9 Å². The van der Waals surface area contributed by atoms with E-state index in [1.807, 2.05) is 19.1 Å². The third kappa shape index (κ3) is 5.27. The van der Waals surface area contributed by atoms with Crippen molar-refractivity contribution in [1.29, 1.82) is 0 Å². The largest absolute Gasteiger partial charge is 0.484 e. The Bertz CT molecular complexity index is 556. The summed E-state index contributed by atoms with van der Waals surface area (Å²) in [5.74, 6) is -0.996. The first kappa shape index (κ1) is 17.3. The van der Waals surface area contributed by atoms with Gasteiger partial charge < -0.3 is 15.2 Å². The van der Waals surface area contributed by atoms with E-state index in [1.165, 1.54) is 24.0 Å². The summed E-state index contributed by atoms with van der Waals surface area (Å²) in [6, 6.07) is 5.98. The molecule has 126 valence electrons. The molecule has 2 N–H and O–H groups in total. The zero-order valence-electron chi connectivity index (χ0n) is 13.6. The average Bonchev–Trinajstić information content (AvgIpc) is 2.56. The monoisotopic (exact) mass is 319 g/mol. The zero-order chi connectivity index (χ0) is 16.7. The van der Waals surface area contributed by atoms with Gasteiger partial charge in [0, 0.05) is 6.54 Å². The third-order valence-electron chi connectivity index (χ3n) is 4.22. The van der Waals surface area contributed by atoms with E-state index in [9.17, 15) is 9.59 Å². The maximum atomic E-state index is 11.8. The van der Waals surface area contributed by atoms with Crippen molar-refractivity contribution >= 4 is 11.9 Å². The molecule has 0 spiro atoms. The molecule has 0 bridgehead atoms. The predicted molar refractivity (Wildman–Crippen MR) is 87.6 cm³/mol. The molecule has 0 aliphatic heterocycles. The lowest BCUT2D eigenvalue weighted by Gasteiger charge is -2.17. The van der Waals surface area contributed by atoms with Gasteiger partial charge in [0.25, 0.3) is 5.91 Å². The van der Waals surface area contributed by atoms with Crippen LogP contribution in [0.1, 0.15) is 43.7 Å². The Morgan fingerprint density at radius 3 is 2.70 bits per heavy atom. The molecule has 2 rings (SSSR count). The first-order chi connectivity index (χ1) is 11.1. The molecule has 1 aromatic carbocycles. The van der Waals surface area contributed by atoms with E-state index in [1.54, 1.807) is 0 Å². The van der Waals surface area contributed by atoms with Gasteiger partial charge in [0.05, 0.1) is 5.92 Å². The Morgan fingerprint density at radius 2 is 2.00 bits per heavy atom. The van der Waals surface area contributed by atoms with Gasteiger partial charge in [-0.05, 0) is 55.4 Å². The Morgan fingerprint density at radius 1 is 1.26 bits per heavy atom. The molecule has 5 nitrogen and oxygen atoms in total. The zero-order valence-corrected chi connectivity index (χ0v) is 13.6. The van der Waals surface area contributed by atoms with Crippen molar-refractivity contribution < 1.29 is 19.4 Å². The van der Waals surface area contributed by atoms with Gasteiger partial charge in [0.2, 0.25) is 0 Å². The fraction of sp³-hybridized carbons (Fsp3) is 0.556. The molecule has 1 unspecified atom stereocenters. The minimum atomic E-state index is -0.872. The Hall–Kier alpha value is -2.04. The van der Waals surface area contributed by atoms with Crippen molar-refractivity contribution in [3.8, 4) is 5.75 Å². The second-order valence-corrected chi connectivity index (χ2v) is 6.05. The number of carbonyl (C=O) groups excluding carboxylic acids is 1. The molecule has 1 amide bonds. The van der Waals surface area contributed by atoms with Crippen LogP contribution < -0.4 is 10.1 Å². The van der Waals surface area contributed by atoms with Crippen molar-refractivity contribution in [3.05, 3.63) is 29.3 Å². The predicted octanol–water partition coefficient (Wildman–Crippen LogP) is 2.56. The molecular formula is C18H25NO4. The Labute approximate surface area is 137 Å². The number of carboxylic acids is 1. The number of benzene rings is 1. The molecule has 1 aliphatic carbocycles. The number of hydrogen-bond donors (Lipinski definition) is 2. The van der Waals surface area contributed by atoms with Crippen molar-refractivity contribution in [2.24, 2.45) is 5.92 Å². The van der Waals surface area contributed by atoms with Crippen molar-refractivity contribution in [2.45, 2.75) is 45.4 Å². The molecule has 5 heteroatoms. The standard InChI is InChI=1S/C18H25NO4/c1-2-5-15(18(21)22)11-19-17(20)12-23-16-9-8-13-6-3-4-7-14(13)10-16/h8-10,15H,2-7,11-12H2,1H3,(H,19,20)(H,21,22). The van der Waals surface area contributed by atoms with Crippen LogP contribution in [0.25, 0.3) is 0 Å². The van der Waals surface area contributed by atoms with E-state index >= 15 is 0 Å². The average molecular weight is 319 g/mol. The molecule has 0 saturated carbocycles. The minimum Gasteiger partial charge on any atom is -0.484 e. The Kier molecular flexibility index (Phi) is 6.44.